The van der Waals surface area contributed by atoms with E-state index in [9.17, 15) is 17.6 Å². The van der Waals surface area contributed by atoms with E-state index in [1.165, 1.54) is 0 Å². The van der Waals surface area contributed by atoms with E-state index in [4.69, 9.17) is 14.6 Å². The number of hydrogen-bond donors (Lipinski definition) is 1. The first-order chi connectivity index (χ1) is 9.79. The van der Waals surface area contributed by atoms with Crippen LogP contribution in [0.2, 0.25) is 0 Å². The van der Waals surface area contributed by atoms with Crippen molar-refractivity contribution >= 4 is 31.9 Å². The van der Waals surface area contributed by atoms with Crippen LogP contribution in [0.1, 0.15) is 23.2 Å². The van der Waals surface area contributed by atoms with Gasteiger partial charge in [0.2, 0.25) is 10.0 Å². The Balaban J connectivity index is 2.30. The number of carbonyl (C=O) groups is 1. The molecule has 1 aromatic rings. The van der Waals surface area contributed by atoms with Gasteiger partial charge in [-0.2, -0.15) is 0 Å². The van der Waals surface area contributed by atoms with Crippen molar-refractivity contribution in [3.8, 4) is 0 Å². The van der Waals surface area contributed by atoms with Crippen LogP contribution in [0.3, 0.4) is 0 Å². The van der Waals surface area contributed by atoms with Crippen molar-refractivity contribution in [3.63, 3.8) is 0 Å². The molecule has 0 aliphatic carbocycles. The molecule has 1 fully saturated rings. The Labute approximate surface area is 129 Å². The van der Waals surface area contributed by atoms with Crippen molar-refractivity contribution in [1.82, 2.24) is 0 Å². The minimum absolute atomic E-state index is 0.215. The zero-order chi connectivity index (χ0) is 15.6. The minimum Gasteiger partial charge on any atom is -0.459 e. The molecule has 1 aliphatic heterocycles. The summed E-state index contributed by atoms with van der Waals surface area (Å²) < 4.78 is 47.3. The number of hydrogen-bond acceptors (Lipinski definition) is 5. The molecule has 2 rings (SSSR count). The maximum Gasteiger partial charge on any atom is 0.341 e. The van der Waals surface area contributed by atoms with Crippen LogP contribution in [-0.4, -0.2) is 33.7 Å². The topological polar surface area (TPSA) is 95.7 Å². The van der Waals surface area contributed by atoms with Gasteiger partial charge in [-0.1, -0.05) is 15.9 Å². The lowest BCUT2D eigenvalue weighted by molar-refractivity contribution is -0.0162. The Morgan fingerprint density at radius 3 is 2.57 bits per heavy atom. The highest BCUT2D eigenvalue weighted by Crippen LogP contribution is 2.25. The van der Waals surface area contributed by atoms with Crippen LogP contribution in [0.4, 0.5) is 4.39 Å². The largest absolute Gasteiger partial charge is 0.459 e. The highest BCUT2D eigenvalue weighted by atomic mass is 79.9. The van der Waals surface area contributed by atoms with Crippen LogP contribution in [-0.2, 0) is 19.5 Å². The molecule has 0 amide bonds. The van der Waals surface area contributed by atoms with Crippen molar-refractivity contribution in [1.29, 1.82) is 0 Å². The Morgan fingerprint density at radius 2 is 2.00 bits per heavy atom. The molecule has 1 heterocycles. The smallest absolute Gasteiger partial charge is 0.341 e. The number of nitrogens with two attached hydrogens (primary N) is 1. The van der Waals surface area contributed by atoms with Gasteiger partial charge in [0, 0.05) is 17.3 Å². The molecule has 0 atom stereocenters. The van der Waals surface area contributed by atoms with Crippen molar-refractivity contribution in [2.45, 2.75) is 23.8 Å². The van der Waals surface area contributed by atoms with Gasteiger partial charge >= 0.3 is 5.97 Å². The predicted molar refractivity (Wildman–Crippen MR) is 74.7 cm³/mol. The molecule has 21 heavy (non-hydrogen) atoms. The molecule has 2 N–H and O–H groups in total. The molecule has 116 valence electrons. The second-order valence-electron chi connectivity index (χ2n) is 4.53. The summed E-state index contributed by atoms with van der Waals surface area (Å²) in [6.07, 6.45) is 0.662. The fourth-order valence-corrected chi connectivity index (χ4v) is 3.19. The van der Waals surface area contributed by atoms with E-state index in [-0.39, 0.29) is 10.6 Å². The maximum absolute atomic E-state index is 14.1. The average Bonchev–Trinajstić information content (AvgIpc) is 2.40. The van der Waals surface area contributed by atoms with Crippen LogP contribution < -0.4 is 5.14 Å². The number of halogens is 2. The summed E-state index contributed by atoms with van der Waals surface area (Å²) in [5, 5.41) is 4.92. The van der Waals surface area contributed by atoms with Gasteiger partial charge in [-0.25, -0.2) is 22.7 Å². The Hall–Kier alpha value is -1.03. The quantitative estimate of drug-likeness (QED) is 0.801. The van der Waals surface area contributed by atoms with Crippen molar-refractivity contribution < 1.29 is 27.1 Å². The van der Waals surface area contributed by atoms with Crippen LogP contribution in [0.15, 0.2) is 21.5 Å². The molecule has 0 unspecified atom stereocenters. The third-order valence-corrected chi connectivity index (χ3v) is 4.34. The molecule has 1 aromatic carbocycles. The Bertz CT molecular complexity index is 658. The lowest BCUT2D eigenvalue weighted by atomic mass is 10.1. The lowest BCUT2D eigenvalue weighted by Crippen LogP contribution is -2.27. The zero-order valence-corrected chi connectivity index (χ0v) is 13.2. The second kappa shape index (κ2) is 6.39. The first kappa shape index (κ1) is 16.3. The van der Waals surface area contributed by atoms with Crippen LogP contribution >= 0.6 is 15.9 Å². The van der Waals surface area contributed by atoms with Gasteiger partial charge in [-0.3, -0.25) is 0 Å². The molecule has 0 bridgehead atoms. The number of primary sulfonamides is 1. The molecule has 0 aromatic heterocycles. The first-order valence-corrected chi connectivity index (χ1v) is 8.43. The van der Waals surface area contributed by atoms with Crippen LogP contribution in [0.5, 0.6) is 0 Å². The summed E-state index contributed by atoms with van der Waals surface area (Å²) in [5.41, 5.74) is -0.472. The molecule has 0 spiro atoms. The number of carbonyl (C=O) groups excluding carboxylic acids is 1. The van der Waals surface area contributed by atoms with Crippen molar-refractivity contribution in [2.24, 2.45) is 5.14 Å². The molecule has 0 radical (unpaired) electrons. The van der Waals surface area contributed by atoms with E-state index in [0.717, 1.165) is 12.1 Å². The molecule has 0 saturated carbocycles. The summed E-state index contributed by atoms with van der Waals surface area (Å²) in [4.78, 5) is 11.3. The summed E-state index contributed by atoms with van der Waals surface area (Å²) >= 11 is 3.02. The van der Waals surface area contributed by atoms with Crippen LogP contribution in [0.25, 0.3) is 0 Å². The van der Waals surface area contributed by atoms with Gasteiger partial charge in [-0.05, 0) is 12.1 Å². The average molecular weight is 382 g/mol. The van der Waals surface area contributed by atoms with Gasteiger partial charge in [0.05, 0.1) is 18.8 Å². The summed E-state index contributed by atoms with van der Waals surface area (Å²) in [5.74, 6) is -2.14. The Kier molecular flexibility index (Phi) is 4.97. The van der Waals surface area contributed by atoms with E-state index < -0.39 is 32.3 Å². The molecule has 6 nitrogen and oxygen atoms in total. The SMILES string of the molecule is NS(=O)(=O)c1cc(Br)cc(C(=O)OC2CCOCC2)c1F. The highest BCUT2D eigenvalue weighted by molar-refractivity contribution is 9.10. The second-order valence-corrected chi connectivity index (χ2v) is 6.97. The summed E-state index contributed by atoms with van der Waals surface area (Å²) in [7, 11) is -4.28. The number of sulfonamides is 1. The number of rotatable bonds is 3. The molecular formula is C12H13BrFNO5S. The van der Waals surface area contributed by atoms with Gasteiger partial charge in [0.25, 0.3) is 0 Å². The van der Waals surface area contributed by atoms with E-state index in [1.807, 2.05) is 0 Å². The van der Waals surface area contributed by atoms with E-state index in [1.54, 1.807) is 0 Å². The van der Waals surface area contributed by atoms with Crippen molar-refractivity contribution in [2.75, 3.05) is 13.2 Å². The number of esters is 1. The molecule has 1 saturated heterocycles. The van der Waals surface area contributed by atoms with Crippen LogP contribution in [0, 0.1) is 5.82 Å². The van der Waals surface area contributed by atoms with E-state index in [2.05, 4.69) is 15.9 Å². The number of ether oxygens (including phenoxy) is 2. The summed E-state index contributed by atoms with van der Waals surface area (Å²) in [6.45, 7) is 0.919. The van der Waals surface area contributed by atoms with Gasteiger partial charge < -0.3 is 9.47 Å². The summed E-state index contributed by atoms with van der Waals surface area (Å²) in [6, 6.07) is 2.15. The first-order valence-electron chi connectivity index (χ1n) is 6.09. The highest BCUT2D eigenvalue weighted by Gasteiger charge is 2.26. The fourth-order valence-electron chi connectivity index (χ4n) is 1.93. The predicted octanol–water partition coefficient (Wildman–Crippen LogP) is 1.57. The lowest BCUT2D eigenvalue weighted by Gasteiger charge is -2.22. The number of benzene rings is 1. The monoisotopic (exact) mass is 381 g/mol. The minimum atomic E-state index is -4.28. The Morgan fingerprint density at radius 1 is 1.38 bits per heavy atom. The zero-order valence-electron chi connectivity index (χ0n) is 10.8. The van der Waals surface area contributed by atoms with E-state index in [0.29, 0.717) is 26.1 Å². The van der Waals surface area contributed by atoms with Gasteiger partial charge in [-0.15, -0.1) is 0 Å². The van der Waals surface area contributed by atoms with Gasteiger partial charge in [0.15, 0.2) is 5.82 Å². The third-order valence-electron chi connectivity index (χ3n) is 2.97. The third kappa shape index (κ3) is 4.00. The van der Waals surface area contributed by atoms with E-state index >= 15 is 0 Å². The fraction of sp³-hybridized carbons (Fsp3) is 0.417. The van der Waals surface area contributed by atoms with Crippen molar-refractivity contribution in [3.05, 3.63) is 28.0 Å². The maximum atomic E-state index is 14.1. The molecular weight excluding hydrogens is 369 g/mol. The molecule has 1 aliphatic rings. The molecule has 9 heteroatoms. The normalized spacial score (nSPS) is 16.7. The van der Waals surface area contributed by atoms with Gasteiger partial charge in [0.1, 0.15) is 11.0 Å². The standard InChI is InChI=1S/C12H13BrFNO5S/c13-7-5-9(11(14)10(6-7)21(15,17)18)12(16)20-8-1-3-19-4-2-8/h5-6,8H,1-4H2,(H2,15,17,18).